The van der Waals surface area contributed by atoms with Crippen molar-refractivity contribution in [2.24, 2.45) is 0 Å². The number of para-hydroxylation sites is 1. The molecule has 1 aliphatic rings. The Morgan fingerprint density at radius 2 is 2.16 bits per heavy atom. The lowest BCUT2D eigenvalue weighted by molar-refractivity contribution is -0.479. The Morgan fingerprint density at radius 3 is 3.00 bits per heavy atom. The van der Waals surface area contributed by atoms with Crippen LogP contribution in [-0.2, 0) is 19.4 Å². The normalized spacial score (nSPS) is 15.2. The molecule has 0 spiro atoms. The highest BCUT2D eigenvalue weighted by molar-refractivity contribution is 5.85. The second kappa shape index (κ2) is 5.01. The van der Waals surface area contributed by atoms with Crippen molar-refractivity contribution in [3.8, 4) is 0 Å². The van der Waals surface area contributed by atoms with Gasteiger partial charge in [-0.1, -0.05) is 18.2 Å². The molecule has 0 fully saturated rings. The molecule has 0 radical (unpaired) electrons. The minimum Gasteiger partial charge on any atom is -0.343 e. The molecule has 5 heteroatoms. The van der Waals surface area contributed by atoms with E-state index in [1.54, 1.807) is 0 Å². The maximum atomic E-state index is 10.7. The minimum atomic E-state index is -0.228. The van der Waals surface area contributed by atoms with Gasteiger partial charge in [0.05, 0.1) is 0 Å². The Labute approximate surface area is 111 Å². The fraction of sp³-hybridized carbons (Fsp3) is 0.429. The quantitative estimate of drug-likeness (QED) is 0.673. The maximum Gasteiger partial charge on any atom is 0.207 e. The van der Waals surface area contributed by atoms with Crippen LogP contribution in [0.15, 0.2) is 24.3 Å². The number of nitro groups is 1. The molecular formula is C14H17N3O2. The molecule has 19 heavy (non-hydrogen) atoms. The number of fused-ring (bicyclic) bond motifs is 3. The van der Waals surface area contributed by atoms with E-state index >= 15 is 0 Å². The van der Waals surface area contributed by atoms with E-state index in [1.807, 2.05) is 12.1 Å². The van der Waals surface area contributed by atoms with Crippen molar-refractivity contribution in [3.63, 3.8) is 0 Å². The Kier molecular flexibility index (Phi) is 3.21. The standard InChI is InChI=1S/C14H17N3O2/c18-17(19)9-6-12-11-3-1-2-4-13(11)16-10-8-15-7-5-14(12)16/h1-4,15H,5-10H2. The molecule has 2 heterocycles. The van der Waals surface area contributed by atoms with Gasteiger partial charge in [0.2, 0.25) is 6.54 Å². The van der Waals surface area contributed by atoms with Crippen LogP contribution in [0.5, 0.6) is 0 Å². The lowest BCUT2D eigenvalue weighted by Gasteiger charge is -2.06. The number of nitrogens with zero attached hydrogens (tertiary/aromatic N) is 2. The van der Waals surface area contributed by atoms with Gasteiger partial charge in [0.1, 0.15) is 0 Å². The van der Waals surface area contributed by atoms with Crippen LogP contribution < -0.4 is 5.32 Å². The third-order valence-corrected chi connectivity index (χ3v) is 3.79. The van der Waals surface area contributed by atoms with E-state index in [4.69, 9.17) is 0 Å². The third kappa shape index (κ3) is 2.21. The summed E-state index contributed by atoms with van der Waals surface area (Å²) >= 11 is 0. The summed E-state index contributed by atoms with van der Waals surface area (Å²) in [5.74, 6) is 0. The van der Waals surface area contributed by atoms with E-state index in [2.05, 4.69) is 22.0 Å². The van der Waals surface area contributed by atoms with Crippen molar-refractivity contribution >= 4 is 10.9 Å². The summed E-state index contributed by atoms with van der Waals surface area (Å²) in [7, 11) is 0. The summed E-state index contributed by atoms with van der Waals surface area (Å²) in [6, 6.07) is 8.24. The molecular weight excluding hydrogens is 242 g/mol. The molecule has 2 aromatic rings. The number of aromatic nitrogens is 1. The molecule has 0 bridgehead atoms. The Bertz CT molecular complexity index is 618. The highest BCUT2D eigenvalue weighted by Gasteiger charge is 2.19. The summed E-state index contributed by atoms with van der Waals surface area (Å²) < 4.78 is 2.32. The van der Waals surface area contributed by atoms with Gasteiger partial charge in [-0.25, -0.2) is 0 Å². The van der Waals surface area contributed by atoms with Gasteiger partial charge in [0, 0.05) is 54.0 Å². The van der Waals surface area contributed by atoms with Crippen LogP contribution in [0.3, 0.4) is 0 Å². The van der Waals surface area contributed by atoms with Gasteiger partial charge in [-0.05, 0) is 11.6 Å². The summed E-state index contributed by atoms with van der Waals surface area (Å²) in [6.45, 7) is 2.85. The lowest BCUT2D eigenvalue weighted by atomic mass is 10.1. The van der Waals surface area contributed by atoms with Crippen LogP contribution in [0.1, 0.15) is 11.3 Å². The van der Waals surface area contributed by atoms with Crippen molar-refractivity contribution in [3.05, 3.63) is 45.6 Å². The molecule has 3 rings (SSSR count). The van der Waals surface area contributed by atoms with Gasteiger partial charge in [-0.15, -0.1) is 0 Å². The lowest BCUT2D eigenvalue weighted by Crippen LogP contribution is -2.17. The van der Waals surface area contributed by atoms with Crippen molar-refractivity contribution in [2.45, 2.75) is 19.4 Å². The smallest absolute Gasteiger partial charge is 0.207 e. The van der Waals surface area contributed by atoms with Crippen molar-refractivity contribution in [1.82, 2.24) is 9.88 Å². The predicted octanol–water partition coefficient (Wildman–Crippen LogP) is 1.61. The average molecular weight is 259 g/mol. The third-order valence-electron chi connectivity index (χ3n) is 3.79. The number of hydrogen-bond acceptors (Lipinski definition) is 3. The predicted molar refractivity (Wildman–Crippen MR) is 74.1 cm³/mol. The molecule has 1 aliphatic heterocycles. The topological polar surface area (TPSA) is 60.1 Å². The van der Waals surface area contributed by atoms with Gasteiger partial charge in [-0.3, -0.25) is 10.1 Å². The largest absolute Gasteiger partial charge is 0.343 e. The zero-order valence-corrected chi connectivity index (χ0v) is 10.8. The monoisotopic (exact) mass is 259 g/mol. The number of rotatable bonds is 3. The van der Waals surface area contributed by atoms with E-state index < -0.39 is 0 Å². The highest BCUT2D eigenvalue weighted by atomic mass is 16.6. The summed E-state index contributed by atoms with van der Waals surface area (Å²) in [5, 5.41) is 15.2. The second-order valence-corrected chi connectivity index (χ2v) is 4.90. The molecule has 0 saturated heterocycles. The molecule has 5 nitrogen and oxygen atoms in total. The second-order valence-electron chi connectivity index (χ2n) is 4.90. The van der Waals surface area contributed by atoms with Crippen LogP contribution in [-0.4, -0.2) is 29.1 Å². The number of hydrogen-bond donors (Lipinski definition) is 1. The molecule has 1 aromatic heterocycles. The molecule has 1 aromatic carbocycles. The zero-order chi connectivity index (χ0) is 13.2. The highest BCUT2D eigenvalue weighted by Crippen LogP contribution is 2.27. The average Bonchev–Trinajstić information content (AvgIpc) is 2.56. The Balaban J connectivity index is 2.12. The van der Waals surface area contributed by atoms with Gasteiger partial charge in [0.25, 0.3) is 0 Å². The van der Waals surface area contributed by atoms with Crippen molar-refractivity contribution < 1.29 is 4.92 Å². The first-order valence-corrected chi connectivity index (χ1v) is 6.69. The first-order valence-electron chi connectivity index (χ1n) is 6.69. The SMILES string of the molecule is O=[N+]([O-])CCc1c2n(c3ccccc13)CCNCC2. The van der Waals surface area contributed by atoms with Gasteiger partial charge >= 0.3 is 0 Å². The van der Waals surface area contributed by atoms with Crippen LogP contribution in [0, 0.1) is 10.1 Å². The van der Waals surface area contributed by atoms with E-state index in [9.17, 15) is 10.1 Å². The molecule has 100 valence electrons. The van der Waals surface area contributed by atoms with Gasteiger partial charge < -0.3 is 9.88 Å². The summed E-state index contributed by atoms with van der Waals surface area (Å²) in [4.78, 5) is 10.4. The van der Waals surface area contributed by atoms with Crippen molar-refractivity contribution in [1.29, 1.82) is 0 Å². The van der Waals surface area contributed by atoms with E-state index in [0.29, 0.717) is 6.42 Å². The summed E-state index contributed by atoms with van der Waals surface area (Å²) in [5.41, 5.74) is 3.64. The molecule has 0 atom stereocenters. The van der Waals surface area contributed by atoms with Crippen LogP contribution >= 0.6 is 0 Å². The Hall–Kier alpha value is -1.88. The number of nitrogens with one attached hydrogen (secondary N) is 1. The first-order chi connectivity index (χ1) is 9.27. The number of benzene rings is 1. The van der Waals surface area contributed by atoms with Crippen LogP contribution in [0.2, 0.25) is 0 Å². The first kappa shape index (κ1) is 12.2. The molecule has 0 unspecified atom stereocenters. The van der Waals surface area contributed by atoms with Gasteiger partial charge in [0.15, 0.2) is 0 Å². The van der Waals surface area contributed by atoms with Crippen LogP contribution in [0.25, 0.3) is 10.9 Å². The van der Waals surface area contributed by atoms with Crippen LogP contribution in [0.4, 0.5) is 0 Å². The molecule has 0 saturated carbocycles. The van der Waals surface area contributed by atoms with E-state index in [-0.39, 0.29) is 11.5 Å². The summed E-state index contributed by atoms with van der Waals surface area (Å²) in [6.07, 6.45) is 1.47. The molecule has 0 amide bonds. The Morgan fingerprint density at radius 1 is 1.32 bits per heavy atom. The van der Waals surface area contributed by atoms with Crippen molar-refractivity contribution in [2.75, 3.05) is 19.6 Å². The van der Waals surface area contributed by atoms with Gasteiger partial charge in [-0.2, -0.15) is 0 Å². The zero-order valence-electron chi connectivity index (χ0n) is 10.8. The minimum absolute atomic E-state index is 0.00837. The fourth-order valence-corrected chi connectivity index (χ4v) is 2.97. The molecule has 0 aliphatic carbocycles. The fourth-order valence-electron chi connectivity index (χ4n) is 2.97. The van der Waals surface area contributed by atoms with E-state index in [0.717, 1.165) is 31.6 Å². The molecule has 1 N–H and O–H groups in total. The maximum absolute atomic E-state index is 10.7. The van der Waals surface area contributed by atoms with E-state index in [1.165, 1.54) is 16.6 Å².